The van der Waals surface area contributed by atoms with Gasteiger partial charge in [0.05, 0.1) is 0 Å². The van der Waals surface area contributed by atoms with Gasteiger partial charge in [0.1, 0.15) is 6.04 Å². The van der Waals surface area contributed by atoms with Crippen LogP contribution in [0.3, 0.4) is 0 Å². The van der Waals surface area contributed by atoms with Crippen LogP contribution in [-0.4, -0.2) is 24.4 Å². The van der Waals surface area contributed by atoms with Crippen LogP contribution in [0.2, 0.25) is 0 Å². The molecule has 4 heteroatoms. The smallest absolute Gasteiger partial charge is 0.249 e. The largest absolute Gasteiger partial charge is 0.344 e. The van der Waals surface area contributed by atoms with Crippen LogP contribution >= 0.6 is 0 Å². The van der Waals surface area contributed by atoms with Crippen molar-refractivity contribution < 1.29 is 9.59 Å². The number of carbonyl (C=O) groups excluding carboxylic acids is 2. The van der Waals surface area contributed by atoms with Crippen molar-refractivity contribution in [2.45, 2.75) is 25.3 Å². The molecule has 116 valence electrons. The second-order valence-corrected chi connectivity index (χ2v) is 6.07. The van der Waals surface area contributed by atoms with Crippen molar-refractivity contribution in [1.82, 2.24) is 5.32 Å². The second kappa shape index (κ2) is 5.54. The Hall–Kier alpha value is -2.62. The molecular formula is C19H18N2O2. The zero-order valence-corrected chi connectivity index (χ0v) is 12.8. The molecule has 0 aliphatic carbocycles. The van der Waals surface area contributed by atoms with E-state index in [1.54, 1.807) is 0 Å². The third-order valence-corrected chi connectivity index (χ3v) is 4.67. The molecule has 0 saturated carbocycles. The highest BCUT2D eigenvalue weighted by Crippen LogP contribution is 2.36. The minimum absolute atomic E-state index is 0.0137. The van der Waals surface area contributed by atoms with Crippen molar-refractivity contribution in [2.75, 3.05) is 11.4 Å². The topological polar surface area (TPSA) is 49.4 Å². The summed E-state index contributed by atoms with van der Waals surface area (Å²) in [6.07, 6.45) is 1.90. The summed E-state index contributed by atoms with van der Waals surface area (Å²) in [5.41, 5.74) is 4.57. The lowest BCUT2D eigenvalue weighted by atomic mass is 9.98. The molecule has 2 aliphatic rings. The van der Waals surface area contributed by atoms with Gasteiger partial charge in [0, 0.05) is 18.7 Å². The van der Waals surface area contributed by atoms with Gasteiger partial charge >= 0.3 is 0 Å². The third kappa shape index (κ3) is 2.40. The molecule has 23 heavy (non-hydrogen) atoms. The second-order valence-electron chi connectivity index (χ2n) is 6.07. The standard InChI is InChI=1S/C19H18N2O2/c22-18-10-9-16(20-18)19(23)21-12-11-15-14(7-4-8-17(15)21)13-5-2-1-3-6-13/h1-8,16H,9-12H2,(H,20,22)/t16-/m0/s1. The lowest BCUT2D eigenvalue weighted by Crippen LogP contribution is -2.43. The van der Waals surface area contributed by atoms with Crippen LogP contribution in [0.4, 0.5) is 5.69 Å². The number of fused-ring (bicyclic) bond motifs is 1. The minimum atomic E-state index is -0.367. The predicted molar refractivity (Wildman–Crippen MR) is 89.1 cm³/mol. The molecule has 0 spiro atoms. The summed E-state index contributed by atoms with van der Waals surface area (Å²) in [5, 5.41) is 2.78. The van der Waals surface area contributed by atoms with Crippen LogP contribution in [0.1, 0.15) is 18.4 Å². The molecule has 1 fully saturated rings. The fourth-order valence-electron chi connectivity index (χ4n) is 3.54. The van der Waals surface area contributed by atoms with Gasteiger partial charge in [0.15, 0.2) is 0 Å². The van der Waals surface area contributed by atoms with Gasteiger partial charge in [0.25, 0.3) is 0 Å². The fourth-order valence-corrected chi connectivity index (χ4v) is 3.54. The zero-order chi connectivity index (χ0) is 15.8. The number of nitrogens with zero attached hydrogens (tertiary/aromatic N) is 1. The molecule has 0 aromatic heterocycles. The van der Waals surface area contributed by atoms with Crippen molar-refractivity contribution in [1.29, 1.82) is 0 Å². The van der Waals surface area contributed by atoms with Crippen LogP contribution in [-0.2, 0) is 16.0 Å². The maximum absolute atomic E-state index is 12.7. The Labute approximate surface area is 135 Å². The van der Waals surface area contributed by atoms with Crippen LogP contribution in [0.25, 0.3) is 11.1 Å². The van der Waals surface area contributed by atoms with Crippen molar-refractivity contribution in [3.8, 4) is 11.1 Å². The predicted octanol–water partition coefficient (Wildman–Crippen LogP) is 2.52. The Balaban J connectivity index is 1.67. The Morgan fingerprint density at radius 3 is 2.61 bits per heavy atom. The first-order valence-electron chi connectivity index (χ1n) is 8.02. The monoisotopic (exact) mass is 306 g/mol. The Morgan fingerprint density at radius 1 is 1.04 bits per heavy atom. The number of benzene rings is 2. The first-order valence-corrected chi connectivity index (χ1v) is 8.02. The molecule has 1 saturated heterocycles. The van der Waals surface area contributed by atoms with E-state index in [9.17, 15) is 9.59 Å². The van der Waals surface area contributed by atoms with E-state index >= 15 is 0 Å². The number of carbonyl (C=O) groups is 2. The molecule has 4 nitrogen and oxygen atoms in total. The molecule has 2 aliphatic heterocycles. The Morgan fingerprint density at radius 2 is 1.87 bits per heavy atom. The van der Waals surface area contributed by atoms with Crippen molar-refractivity contribution >= 4 is 17.5 Å². The number of nitrogens with one attached hydrogen (secondary N) is 1. The highest BCUT2D eigenvalue weighted by atomic mass is 16.2. The summed E-state index contributed by atoms with van der Waals surface area (Å²) < 4.78 is 0. The van der Waals surface area contributed by atoms with Gasteiger partial charge in [-0.3, -0.25) is 9.59 Å². The van der Waals surface area contributed by atoms with E-state index < -0.39 is 0 Å². The van der Waals surface area contributed by atoms with E-state index in [4.69, 9.17) is 0 Å². The molecule has 4 rings (SSSR count). The molecule has 0 radical (unpaired) electrons. The summed E-state index contributed by atoms with van der Waals surface area (Å²) in [5.74, 6) is -0.0133. The molecule has 2 heterocycles. The number of amides is 2. The Bertz CT molecular complexity index is 770. The molecule has 2 aromatic carbocycles. The number of anilines is 1. The van der Waals surface area contributed by atoms with Gasteiger partial charge < -0.3 is 10.2 Å². The lowest BCUT2D eigenvalue weighted by molar-refractivity contribution is -0.124. The summed E-state index contributed by atoms with van der Waals surface area (Å²) >= 11 is 0. The van der Waals surface area contributed by atoms with Crippen molar-refractivity contribution in [2.24, 2.45) is 0 Å². The van der Waals surface area contributed by atoms with Crippen LogP contribution in [0.15, 0.2) is 48.5 Å². The molecule has 1 atom stereocenters. The minimum Gasteiger partial charge on any atom is -0.344 e. The van der Waals surface area contributed by atoms with Crippen LogP contribution < -0.4 is 10.2 Å². The fraction of sp³-hybridized carbons (Fsp3) is 0.263. The average Bonchev–Trinajstić information content (AvgIpc) is 3.21. The van der Waals surface area contributed by atoms with E-state index in [2.05, 4.69) is 23.5 Å². The summed E-state index contributed by atoms with van der Waals surface area (Å²) in [6.45, 7) is 0.685. The first-order chi connectivity index (χ1) is 11.2. The molecule has 0 bridgehead atoms. The third-order valence-electron chi connectivity index (χ3n) is 4.67. The van der Waals surface area contributed by atoms with E-state index in [1.165, 1.54) is 16.7 Å². The number of hydrogen-bond acceptors (Lipinski definition) is 2. The van der Waals surface area contributed by atoms with Crippen molar-refractivity contribution in [3.63, 3.8) is 0 Å². The average molecular weight is 306 g/mol. The van der Waals surface area contributed by atoms with E-state index in [0.29, 0.717) is 19.4 Å². The van der Waals surface area contributed by atoms with Gasteiger partial charge in [0.2, 0.25) is 11.8 Å². The molecular weight excluding hydrogens is 288 g/mol. The van der Waals surface area contributed by atoms with Gasteiger partial charge in [-0.15, -0.1) is 0 Å². The summed E-state index contributed by atoms with van der Waals surface area (Å²) in [6, 6.07) is 16.0. The van der Waals surface area contributed by atoms with E-state index in [0.717, 1.165) is 12.1 Å². The first kappa shape index (κ1) is 14.0. The van der Waals surface area contributed by atoms with Gasteiger partial charge in [-0.05, 0) is 35.6 Å². The van der Waals surface area contributed by atoms with E-state index in [1.807, 2.05) is 35.2 Å². The maximum Gasteiger partial charge on any atom is 0.249 e. The molecule has 0 unspecified atom stereocenters. The SMILES string of the molecule is O=C1CC[C@@H](C(=O)N2CCc3c(-c4ccccc4)cccc32)N1. The van der Waals surface area contributed by atoms with Gasteiger partial charge in [-0.2, -0.15) is 0 Å². The number of hydrogen-bond donors (Lipinski definition) is 1. The Kier molecular flexibility index (Phi) is 3.37. The van der Waals surface area contributed by atoms with Crippen LogP contribution in [0.5, 0.6) is 0 Å². The maximum atomic E-state index is 12.7. The van der Waals surface area contributed by atoms with E-state index in [-0.39, 0.29) is 17.9 Å². The molecule has 2 aromatic rings. The molecule has 1 N–H and O–H groups in total. The highest BCUT2D eigenvalue weighted by Gasteiger charge is 2.34. The normalized spacial score (nSPS) is 19.6. The summed E-state index contributed by atoms with van der Waals surface area (Å²) in [4.78, 5) is 25.9. The summed E-state index contributed by atoms with van der Waals surface area (Å²) in [7, 11) is 0. The quantitative estimate of drug-likeness (QED) is 0.927. The molecule has 2 amide bonds. The van der Waals surface area contributed by atoms with Crippen molar-refractivity contribution in [3.05, 3.63) is 54.1 Å². The van der Waals surface area contributed by atoms with Crippen LogP contribution in [0, 0.1) is 0 Å². The highest BCUT2D eigenvalue weighted by molar-refractivity contribution is 6.03. The van der Waals surface area contributed by atoms with Gasteiger partial charge in [-0.1, -0.05) is 42.5 Å². The zero-order valence-electron chi connectivity index (χ0n) is 12.8. The number of rotatable bonds is 2. The van der Waals surface area contributed by atoms with Gasteiger partial charge in [-0.25, -0.2) is 0 Å². The lowest BCUT2D eigenvalue weighted by Gasteiger charge is -2.21.